The van der Waals surface area contributed by atoms with Crippen LogP contribution in [-0.4, -0.2) is 23.3 Å². The Labute approximate surface area is 119 Å². The van der Waals surface area contributed by atoms with Gasteiger partial charge in [-0.2, -0.15) is 0 Å². The maximum atomic E-state index is 12.0. The average molecular weight is 274 g/mol. The van der Waals surface area contributed by atoms with Crippen molar-refractivity contribution in [3.63, 3.8) is 0 Å². The van der Waals surface area contributed by atoms with E-state index >= 15 is 0 Å². The fourth-order valence-corrected chi connectivity index (χ4v) is 2.59. The normalized spacial score (nSPS) is 18.4. The highest BCUT2D eigenvalue weighted by Crippen LogP contribution is 2.31. The standard InChI is InChI=1S/C16H22N2O2/c1-16(2)10-14(19)18(15(20)11-16)9-3-4-12-5-7-13(17)8-6-12/h5-8H,3-4,9-11,17H2,1-2H3. The van der Waals surface area contributed by atoms with Crippen LogP contribution in [0.25, 0.3) is 0 Å². The lowest BCUT2D eigenvalue weighted by atomic mass is 9.81. The van der Waals surface area contributed by atoms with Crippen molar-refractivity contribution in [1.29, 1.82) is 0 Å². The molecule has 0 radical (unpaired) electrons. The molecule has 1 aromatic carbocycles. The zero-order valence-corrected chi connectivity index (χ0v) is 12.2. The van der Waals surface area contributed by atoms with Crippen LogP contribution in [0.3, 0.4) is 0 Å². The van der Waals surface area contributed by atoms with Crippen LogP contribution in [0.15, 0.2) is 24.3 Å². The van der Waals surface area contributed by atoms with E-state index in [2.05, 4.69) is 0 Å². The van der Waals surface area contributed by atoms with Gasteiger partial charge in [-0.05, 0) is 36.0 Å². The molecule has 0 aromatic heterocycles. The number of likely N-dealkylation sites (tertiary alicyclic amines) is 1. The molecule has 0 unspecified atom stereocenters. The number of rotatable bonds is 4. The van der Waals surface area contributed by atoms with E-state index in [1.54, 1.807) is 0 Å². The first kappa shape index (κ1) is 14.6. The van der Waals surface area contributed by atoms with Crippen molar-refractivity contribution in [2.45, 2.75) is 39.5 Å². The number of amides is 2. The van der Waals surface area contributed by atoms with Crippen molar-refractivity contribution in [3.8, 4) is 0 Å². The Morgan fingerprint density at radius 1 is 1.10 bits per heavy atom. The Morgan fingerprint density at radius 2 is 1.65 bits per heavy atom. The molecule has 0 atom stereocenters. The Hall–Kier alpha value is -1.84. The number of anilines is 1. The van der Waals surface area contributed by atoms with Gasteiger partial charge in [0, 0.05) is 25.1 Å². The number of nitrogens with zero attached hydrogens (tertiary/aromatic N) is 1. The van der Waals surface area contributed by atoms with Crippen molar-refractivity contribution < 1.29 is 9.59 Å². The van der Waals surface area contributed by atoms with Gasteiger partial charge in [-0.1, -0.05) is 26.0 Å². The molecule has 1 heterocycles. The quantitative estimate of drug-likeness (QED) is 0.677. The van der Waals surface area contributed by atoms with E-state index in [0.717, 1.165) is 18.5 Å². The van der Waals surface area contributed by atoms with Gasteiger partial charge in [0.2, 0.25) is 11.8 Å². The van der Waals surface area contributed by atoms with Crippen LogP contribution in [0.5, 0.6) is 0 Å². The summed E-state index contributed by atoms with van der Waals surface area (Å²) in [5.74, 6) is -0.0767. The maximum absolute atomic E-state index is 12.0. The second kappa shape index (κ2) is 5.65. The molecule has 2 amide bonds. The summed E-state index contributed by atoms with van der Waals surface area (Å²) >= 11 is 0. The molecule has 1 saturated heterocycles. The van der Waals surface area contributed by atoms with E-state index in [9.17, 15) is 9.59 Å². The predicted octanol–water partition coefficient (Wildman–Crippen LogP) is 2.38. The minimum atomic E-state index is -0.193. The summed E-state index contributed by atoms with van der Waals surface area (Å²) in [6.45, 7) is 4.45. The SMILES string of the molecule is CC1(C)CC(=O)N(CCCc2ccc(N)cc2)C(=O)C1. The highest BCUT2D eigenvalue weighted by atomic mass is 16.2. The Kier molecular flexibility index (Phi) is 4.12. The van der Waals surface area contributed by atoms with Crippen molar-refractivity contribution >= 4 is 17.5 Å². The third kappa shape index (κ3) is 3.59. The average Bonchev–Trinajstić information content (AvgIpc) is 2.33. The van der Waals surface area contributed by atoms with Gasteiger partial charge in [-0.3, -0.25) is 14.5 Å². The molecule has 0 spiro atoms. The lowest BCUT2D eigenvalue weighted by molar-refractivity contribution is -0.152. The van der Waals surface area contributed by atoms with E-state index < -0.39 is 0 Å². The molecular weight excluding hydrogens is 252 g/mol. The maximum Gasteiger partial charge on any atom is 0.229 e. The van der Waals surface area contributed by atoms with E-state index in [1.807, 2.05) is 38.1 Å². The van der Waals surface area contributed by atoms with E-state index in [0.29, 0.717) is 19.4 Å². The molecular formula is C16H22N2O2. The van der Waals surface area contributed by atoms with Gasteiger partial charge in [0.05, 0.1) is 0 Å². The molecule has 0 bridgehead atoms. The van der Waals surface area contributed by atoms with Gasteiger partial charge in [0.15, 0.2) is 0 Å². The number of carbonyl (C=O) groups is 2. The van der Waals surface area contributed by atoms with Crippen LogP contribution < -0.4 is 5.73 Å². The molecule has 1 fully saturated rings. The summed E-state index contributed by atoms with van der Waals surface area (Å²) < 4.78 is 0. The summed E-state index contributed by atoms with van der Waals surface area (Å²) in [5.41, 5.74) is 7.37. The zero-order chi connectivity index (χ0) is 14.8. The third-order valence-corrected chi connectivity index (χ3v) is 3.69. The molecule has 1 aliphatic heterocycles. The van der Waals surface area contributed by atoms with Crippen molar-refractivity contribution in [1.82, 2.24) is 4.90 Å². The number of hydrogen-bond donors (Lipinski definition) is 1. The highest BCUT2D eigenvalue weighted by Gasteiger charge is 2.36. The molecule has 4 heteroatoms. The number of imide groups is 1. The number of nitrogens with two attached hydrogens (primary N) is 1. The molecule has 108 valence electrons. The molecule has 4 nitrogen and oxygen atoms in total. The molecule has 1 aliphatic rings. The van der Waals surface area contributed by atoms with E-state index in [-0.39, 0.29) is 17.2 Å². The van der Waals surface area contributed by atoms with Crippen LogP contribution in [-0.2, 0) is 16.0 Å². The second-order valence-corrected chi connectivity index (χ2v) is 6.30. The minimum Gasteiger partial charge on any atom is -0.399 e. The Morgan fingerprint density at radius 3 is 2.20 bits per heavy atom. The smallest absolute Gasteiger partial charge is 0.229 e. The summed E-state index contributed by atoms with van der Waals surface area (Å²) in [6.07, 6.45) is 2.56. The molecule has 0 aliphatic carbocycles. The summed E-state index contributed by atoms with van der Waals surface area (Å²) in [7, 11) is 0. The lowest BCUT2D eigenvalue weighted by Crippen LogP contribution is -2.46. The topological polar surface area (TPSA) is 63.4 Å². The first-order chi connectivity index (χ1) is 9.37. The zero-order valence-electron chi connectivity index (χ0n) is 12.2. The summed E-state index contributed by atoms with van der Waals surface area (Å²) in [6, 6.07) is 7.71. The van der Waals surface area contributed by atoms with E-state index in [4.69, 9.17) is 5.73 Å². The predicted molar refractivity (Wildman–Crippen MR) is 78.9 cm³/mol. The van der Waals surface area contributed by atoms with E-state index in [1.165, 1.54) is 10.5 Å². The van der Waals surface area contributed by atoms with Crippen molar-refractivity contribution in [2.75, 3.05) is 12.3 Å². The Bertz CT molecular complexity index is 486. The van der Waals surface area contributed by atoms with Crippen molar-refractivity contribution in [3.05, 3.63) is 29.8 Å². The lowest BCUT2D eigenvalue weighted by Gasteiger charge is -2.34. The molecule has 2 N–H and O–H groups in total. The van der Waals surface area contributed by atoms with Gasteiger partial charge < -0.3 is 5.73 Å². The summed E-state index contributed by atoms with van der Waals surface area (Å²) in [4.78, 5) is 25.4. The first-order valence-electron chi connectivity index (χ1n) is 7.05. The number of benzene rings is 1. The Balaban J connectivity index is 1.86. The number of hydrogen-bond acceptors (Lipinski definition) is 3. The van der Waals surface area contributed by atoms with Crippen LogP contribution >= 0.6 is 0 Å². The first-order valence-corrected chi connectivity index (χ1v) is 7.05. The van der Waals surface area contributed by atoms with Crippen molar-refractivity contribution in [2.24, 2.45) is 5.41 Å². The van der Waals surface area contributed by atoms with Gasteiger partial charge in [-0.25, -0.2) is 0 Å². The van der Waals surface area contributed by atoms with Gasteiger partial charge in [0.25, 0.3) is 0 Å². The largest absolute Gasteiger partial charge is 0.399 e. The minimum absolute atomic E-state index is 0.0384. The van der Waals surface area contributed by atoms with Crippen LogP contribution in [0, 0.1) is 5.41 Å². The molecule has 0 saturated carbocycles. The van der Waals surface area contributed by atoms with Crippen LogP contribution in [0.2, 0.25) is 0 Å². The monoisotopic (exact) mass is 274 g/mol. The van der Waals surface area contributed by atoms with Gasteiger partial charge in [0.1, 0.15) is 0 Å². The number of nitrogen functional groups attached to an aromatic ring is 1. The third-order valence-electron chi connectivity index (χ3n) is 3.69. The molecule has 20 heavy (non-hydrogen) atoms. The fourth-order valence-electron chi connectivity index (χ4n) is 2.59. The molecule has 1 aromatic rings. The summed E-state index contributed by atoms with van der Waals surface area (Å²) in [5, 5.41) is 0. The fraction of sp³-hybridized carbons (Fsp3) is 0.500. The highest BCUT2D eigenvalue weighted by molar-refractivity contribution is 5.98. The number of piperidine rings is 1. The second-order valence-electron chi connectivity index (χ2n) is 6.30. The molecule has 2 rings (SSSR count). The van der Waals surface area contributed by atoms with Gasteiger partial charge in [-0.15, -0.1) is 0 Å². The number of carbonyl (C=O) groups excluding carboxylic acids is 2. The van der Waals surface area contributed by atoms with Gasteiger partial charge >= 0.3 is 0 Å². The van der Waals surface area contributed by atoms with Crippen LogP contribution in [0.4, 0.5) is 5.69 Å². The van der Waals surface area contributed by atoms with Crippen LogP contribution in [0.1, 0.15) is 38.7 Å². The number of aryl methyl sites for hydroxylation is 1.